The van der Waals surface area contributed by atoms with Crippen molar-refractivity contribution in [2.45, 2.75) is 39.7 Å². The fourth-order valence-corrected chi connectivity index (χ4v) is 1.18. The molecule has 5 nitrogen and oxygen atoms in total. The maximum Gasteiger partial charge on any atom is 0.309 e. The molecule has 1 unspecified atom stereocenters. The van der Waals surface area contributed by atoms with Crippen molar-refractivity contribution in [2.75, 3.05) is 13.7 Å². The first-order chi connectivity index (χ1) is 7.35. The van der Waals surface area contributed by atoms with E-state index in [1.54, 1.807) is 13.8 Å². The smallest absolute Gasteiger partial charge is 0.309 e. The van der Waals surface area contributed by atoms with E-state index in [0.29, 0.717) is 19.4 Å². The van der Waals surface area contributed by atoms with Crippen molar-refractivity contribution in [3.8, 4) is 0 Å². The normalized spacial score (nSPS) is 13.2. The van der Waals surface area contributed by atoms with E-state index in [1.807, 2.05) is 6.92 Å². The predicted molar refractivity (Wildman–Crippen MR) is 60.1 cm³/mol. The maximum atomic E-state index is 11.5. The van der Waals surface area contributed by atoms with Gasteiger partial charge in [-0.15, -0.1) is 0 Å². The highest BCUT2D eigenvalue weighted by atomic mass is 16.5. The molecule has 5 heteroatoms. The van der Waals surface area contributed by atoms with E-state index in [1.165, 1.54) is 7.11 Å². The largest absolute Gasteiger partial charge is 0.481 e. The van der Waals surface area contributed by atoms with Crippen molar-refractivity contribution < 1.29 is 19.4 Å². The van der Waals surface area contributed by atoms with Gasteiger partial charge < -0.3 is 15.2 Å². The lowest BCUT2D eigenvalue weighted by atomic mass is 9.90. The Balaban J connectivity index is 3.99. The summed E-state index contributed by atoms with van der Waals surface area (Å²) in [7, 11) is 1.48. The van der Waals surface area contributed by atoms with Gasteiger partial charge in [0.25, 0.3) is 0 Å². The van der Waals surface area contributed by atoms with Crippen LogP contribution in [0.25, 0.3) is 0 Å². The molecule has 0 aromatic carbocycles. The van der Waals surface area contributed by atoms with Crippen LogP contribution in [0, 0.1) is 5.41 Å². The van der Waals surface area contributed by atoms with Crippen molar-refractivity contribution in [2.24, 2.45) is 5.41 Å². The zero-order valence-corrected chi connectivity index (χ0v) is 10.4. The standard InChI is InChI=1S/C11H21NO4/c1-5-8(16-4)9(13)12-7-6-11(2,3)10(14)15/h8H,5-7H2,1-4H3,(H,12,13)(H,14,15). The van der Waals surface area contributed by atoms with Crippen LogP contribution in [0.1, 0.15) is 33.6 Å². The number of hydrogen-bond acceptors (Lipinski definition) is 3. The number of hydrogen-bond donors (Lipinski definition) is 2. The molecule has 16 heavy (non-hydrogen) atoms. The van der Waals surface area contributed by atoms with Crippen LogP contribution in [0.5, 0.6) is 0 Å². The Morgan fingerprint density at radius 1 is 1.44 bits per heavy atom. The number of amides is 1. The lowest BCUT2D eigenvalue weighted by Gasteiger charge is -2.20. The van der Waals surface area contributed by atoms with Crippen molar-refractivity contribution in [3.05, 3.63) is 0 Å². The molecule has 1 atom stereocenters. The minimum atomic E-state index is -0.861. The molecule has 1 amide bonds. The maximum absolute atomic E-state index is 11.5. The van der Waals surface area contributed by atoms with Crippen LogP contribution in [-0.4, -0.2) is 36.7 Å². The molecule has 0 aromatic rings. The van der Waals surface area contributed by atoms with Gasteiger partial charge in [-0.2, -0.15) is 0 Å². The second kappa shape index (κ2) is 6.48. The van der Waals surface area contributed by atoms with E-state index >= 15 is 0 Å². The van der Waals surface area contributed by atoms with Crippen molar-refractivity contribution >= 4 is 11.9 Å². The first-order valence-electron chi connectivity index (χ1n) is 5.39. The van der Waals surface area contributed by atoms with Crippen molar-refractivity contribution in [1.29, 1.82) is 0 Å². The van der Waals surface area contributed by atoms with Crippen LogP contribution in [0.3, 0.4) is 0 Å². The van der Waals surface area contributed by atoms with Crippen LogP contribution in [0.4, 0.5) is 0 Å². The highest BCUT2D eigenvalue weighted by molar-refractivity contribution is 5.80. The first kappa shape index (κ1) is 14.9. The van der Waals surface area contributed by atoms with Gasteiger partial charge in [0.15, 0.2) is 0 Å². The van der Waals surface area contributed by atoms with E-state index in [-0.39, 0.29) is 5.91 Å². The zero-order chi connectivity index (χ0) is 12.8. The molecule has 0 saturated heterocycles. The summed E-state index contributed by atoms with van der Waals surface area (Å²) in [6, 6.07) is 0. The Bertz CT molecular complexity index is 246. The van der Waals surface area contributed by atoms with Crippen LogP contribution in [0.15, 0.2) is 0 Å². The summed E-state index contributed by atoms with van der Waals surface area (Å²) in [5, 5.41) is 11.5. The third-order valence-corrected chi connectivity index (χ3v) is 2.58. The van der Waals surface area contributed by atoms with Gasteiger partial charge in [0.1, 0.15) is 6.10 Å². The molecule has 0 rings (SSSR count). The minimum absolute atomic E-state index is 0.189. The number of carboxylic acid groups (broad SMARTS) is 1. The number of methoxy groups -OCH3 is 1. The minimum Gasteiger partial charge on any atom is -0.481 e. The average Bonchev–Trinajstić information content (AvgIpc) is 2.19. The van der Waals surface area contributed by atoms with E-state index in [4.69, 9.17) is 9.84 Å². The van der Waals surface area contributed by atoms with Crippen molar-refractivity contribution in [1.82, 2.24) is 5.32 Å². The molecule has 0 saturated carbocycles. The SMILES string of the molecule is CCC(OC)C(=O)NCCC(C)(C)C(=O)O. The van der Waals surface area contributed by atoms with Gasteiger partial charge in [-0.3, -0.25) is 9.59 Å². The first-order valence-corrected chi connectivity index (χ1v) is 5.39. The van der Waals surface area contributed by atoms with E-state index in [2.05, 4.69) is 5.32 Å². The van der Waals surface area contributed by atoms with Gasteiger partial charge in [-0.05, 0) is 26.7 Å². The molecule has 2 N–H and O–H groups in total. The molecule has 0 aromatic heterocycles. The monoisotopic (exact) mass is 231 g/mol. The molecule has 0 radical (unpaired) electrons. The zero-order valence-electron chi connectivity index (χ0n) is 10.4. The molecular weight excluding hydrogens is 210 g/mol. The van der Waals surface area contributed by atoms with Gasteiger partial charge in [0.2, 0.25) is 5.91 Å². The summed E-state index contributed by atoms with van der Waals surface area (Å²) in [5.41, 5.74) is -0.817. The van der Waals surface area contributed by atoms with E-state index in [0.717, 1.165) is 0 Å². The van der Waals surface area contributed by atoms with Crippen LogP contribution in [0.2, 0.25) is 0 Å². The van der Waals surface area contributed by atoms with Gasteiger partial charge in [0, 0.05) is 13.7 Å². The number of rotatable bonds is 7. The lowest BCUT2D eigenvalue weighted by Crippen LogP contribution is -2.38. The summed E-state index contributed by atoms with van der Waals surface area (Å²) in [4.78, 5) is 22.3. The van der Waals surface area contributed by atoms with Crippen LogP contribution in [-0.2, 0) is 14.3 Å². The number of carboxylic acids is 1. The van der Waals surface area contributed by atoms with Crippen molar-refractivity contribution in [3.63, 3.8) is 0 Å². The van der Waals surface area contributed by atoms with Gasteiger partial charge in [-0.1, -0.05) is 6.92 Å². The summed E-state index contributed by atoms with van der Waals surface area (Å²) in [6.07, 6.45) is 0.548. The summed E-state index contributed by atoms with van der Waals surface area (Å²) in [5.74, 6) is -1.05. The highest BCUT2D eigenvalue weighted by Crippen LogP contribution is 2.19. The Labute approximate surface area is 96.2 Å². The number of ether oxygens (including phenoxy) is 1. The summed E-state index contributed by atoms with van der Waals surface area (Å²) < 4.78 is 4.96. The molecule has 0 aliphatic carbocycles. The Morgan fingerprint density at radius 3 is 2.38 bits per heavy atom. The number of carbonyl (C=O) groups is 2. The summed E-state index contributed by atoms with van der Waals surface area (Å²) >= 11 is 0. The average molecular weight is 231 g/mol. The topological polar surface area (TPSA) is 75.6 Å². The number of carbonyl (C=O) groups excluding carboxylic acids is 1. The fourth-order valence-electron chi connectivity index (χ4n) is 1.18. The van der Waals surface area contributed by atoms with Crippen LogP contribution < -0.4 is 5.32 Å². The second-order valence-corrected chi connectivity index (χ2v) is 4.36. The fraction of sp³-hybridized carbons (Fsp3) is 0.818. The van der Waals surface area contributed by atoms with E-state index < -0.39 is 17.5 Å². The molecule has 0 aliphatic heterocycles. The number of nitrogens with one attached hydrogen (secondary N) is 1. The molecule has 0 bridgehead atoms. The van der Waals surface area contributed by atoms with Crippen LogP contribution >= 0.6 is 0 Å². The molecule has 0 heterocycles. The van der Waals surface area contributed by atoms with E-state index in [9.17, 15) is 9.59 Å². The second-order valence-electron chi connectivity index (χ2n) is 4.36. The molecule has 0 aliphatic rings. The third-order valence-electron chi connectivity index (χ3n) is 2.58. The van der Waals surface area contributed by atoms with Gasteiger partial charge in [0.05, 0.1) is 5.41 Å². The molecule has 0 spiro atoms. The summed E-state index contributed by atoms with van der Waals surface area (Å²) in [6.45, 7) is 5.47. The van der Waals surface area contributed by atoms with Gasteiger partial charge >= 0.3 is 5.97 Å². The number of aliphatic carboxylic acids is 1. The predicted octanol–water partition coefficient (Wildman–Crippen LogP) is 1.03. The lowest BCUT2D eigenvalue weighted by molar-refractivity contribution is -0.147. The Morgan fingerprint density at radius 2 is 2.00 bits per heavy atom. The quantitative estimate of drug-likeness (QED) is 0.686. The Kier molecular flexibility index (Phi) is 6.03. The highest BCUT2D eigenvalue weighted by Gasteiger charge is 2.27. The molecular formula is C11H21NO4. The third kappa shape index (κ3) is 4.61. The Hall–Kier alpha value is -1.10. The van der Waals surface area contributed by atoms with Gasteiger partial charge in [-0.25, -0.2) is 0 Å². The molecule has 94 valence electrons. The molecule has 0 fully saturated rings.